The zero-order chi connectivity index (χ0) is 24.0. The van der Waals surface area contributed by atoms with E-state index in [0.717, 1.165) is 25.7 Å². The highest BCUT2D eigenvalue weighted by molar-refractivity contribution is 5.65. The smallest absolute Gasteiger partial charge is 0.166 e. The topological polar surface area (TPSA) is 27.7 Å². The molecule has 1 fully saturated rings. The summed E-state index contributed by atoms with van der Waals surface area (Å²) in [4.78, 5) is 0. The Morgan fingerprint density at radius 2 is 1.64 bits per heavy atom. The van der Waals surface area contributed by atoms with E-state index >= 15 is 0 Å². The lowest BCUT2D eigenvalue weighted by Gasteiger charge is -2.28. The van der Waals surface area contributed by atoms with Crippen LogP contribution in [-0.2, 0) is 9.47 Å². The van der Waals surface area contributed by atoms with Crippen molar-refractivity contribution in [3.63, 3.8) is 0 Å². The van der Waals surface area contributed by atoms with Crippen LogP contribution in [0.25, 0.3) is 11.1 Å². The molecule has 0 bridgehead atoms. The predicted molar refractivity (Wildman–Crippen MR) is 124 cm³/mol. The molecule has 0 aromatic heterocycles. The van der Waals surface area contributed by atoms with Crippen molar-refractivity contribution in [3.05, 3.63) is 90.0 Å². The predicted octanol–water partition coefficient (Wildman–Crippen LogP) is 7.25. The number of benzene rings is 2. The van der Waals surface area contributed by atoms with Gasteiger partial charge in [0.1, 0.15) is 18.1 Å². The van der Waals surface area contributed by atoms with Crippen molar-refractivity contribution in [3.8, 4) is 16.9 Å². The van der Waals surface area contributed by atoms with Crippen molar-refractivity contribution in [2.45, 2.75) is 37.7 Å². The normalized spacial score (nSPS) is 18.6. The SMILES string of the molecule is C=C(/C=C(/F)C(=C)OC)COc1ccc(-c2ccc(C3CCC(OC)CC3)c(F)c2F)cc1. The molecule has 0 amide bonds. The van der Waals surface area contributed by atoms with Gasteiger partial charge in [0, 0.05) is 12.7 Å². The van der Waals surface area contributed by atoms with Crippen LogP contribution in [0.4, 0.5) is 13.2 Å². The van der Waals surface area contributed by atoms with Crippen LogP contribution in [0.15, 0.2) is 72.8 Å². The molecule has 0 N–H and O–H groups in total. The van der Waals surface area contributed by atoms with E-state index in [4.69, 9.17) is 14.2 Å². The van der Waals surface area contributed by atoms with E-state index < -0.39 is 17.5 Å². The van der Waals surface area contributed by atoms with Crippen molar-refractivity contribution < 1.29 is 27.4 Å². The van der Waals surface area contributed by atoms with Crippen LogP contribution in [0, 0.1) is 11.6 Å². The maximum Gasteiger partial charge on any atom is 0.166 e. The number of hydrogen-bond acceptors (Lipinski definition) is 3. The van der Waals surface area contributed by atoms with Crippen molar-refractivity contribution in [1.29, 1.82) is 0 Å². The van der Waals surface area contributed by atoms with Gasteiger partial charge in [-0.1, -0.05) is 37.4 Å². The molecule has 2 aromatic rings. The average Bonchev–Trinajstić information content (AvgIpc) is 2.84. The highest BCUT2D eigenvalue weighted by Crippen LogP contribution is 2.37. The van der Waals surface area contributed by atoms with Gasteiger partial charge in [-0.3, -0.25) is 0 Å². The van der Waals surface area contributed by atoms with Crippen LogP contribution in [-0.4, -0.2) is 26.9 Å². The van der Waals surface area contributed by atoms with Crippen LogP contribution < -0.4 is 4.74 Å². The van der Waals surface area contributed by atoms with Crippen LogP contribution in [0.5, 0.6) is 5.75 Å². The monoisotopic (exact) mass is 458 g/mol. The number of methoxy groups -OCH3 is 2. The van der Waals surface area contributed by atoms with E-state index in [1.54, 1.807) is 43.5 Å². The maximum atomic E-state index is 14.9. The largest absolute Gasteiger partial charge is 0.494 e. The van der Waals surface area contributed by atoms with Gasteiger partial charge in [-0.25, -0.2) is 13.2 Å². The molecule has 0 heterocycles. The number of ether oxygens (including phenoxy) is 3. The molecule has 176 valence electrons. The van der Waals surface area contributed by atoms with Gasteiger partial charge in [-0.05, 0) is 66.5 Å². The van der Waals surface area contributed by atoms with E-state index in [1.807, 2.05) is 0 Å². The summed E-state index contributed by atoms with van der Waals surface area (Å²) in [6.45, 7) is 7.21. The lowest BCUT2D eigenvalue weighted by Crippen LogP contribution is -2.20. The average molecular weight is 459 g/mol. The van der Waals surface area contributed by atoms with Crippen LogP contribution in [0.2, 0.25) is 0 Å². The fraction of sp³-hybridized carbons (Fsp3) is 0.333. The third-order valence-electron chi connectivity index (χ3n) is 5.99. The fourth-order valence-corrected chi connectivity index (χ4v) is 4.02. The summed E-state index contributed by atoms with van der Waals surface area (Å²) in [6.07, 6.45) is 4.64. The van der Waals surface area contributed by atoms with Gasteiger partial charge in [-0.2, -0.15) is 0 Å². The molecule has 0 atom stereocenters. The zero-order valence-electron chi connectivity index (χ0n) is 19.0. The summed E-state index contributed by atoms with van der Waals surface area (Å²) < 4.78 is 59.2. The molecule has 3 nitrogen and oxygen atoms in total. The Hall–Kier alpha value is -2.99. The van der Waals surface area contributed by atoms with E-state index in [-0.39, 0.29) is 30.0 Å². The molecule has 2 aromatic carbocycles. The second kappa shape index (κ2) is 11.2. The maximum absolute atomic E-state index is 14.9. The summed E-state index contributed by atoms with van der Waals surface area (Å²) in [5.74, 6) is -1.85. The Morgan fingerprint density at radius 1 is 0.970 bits per heavy atom. The first-order valence-corrected chi connectivity index (χ1v) is 10.9. The molecule has 0 saturated heterocycles. The summed E-state index contributed by atoms with van der Waals surface area (Å²) in [5.41, 5.74) is 1.55. The van der Waals surface area contributed by atoms with E-state index in [1.165, 1.54) is 13.2 Å². The minimum Gasteiger partial charge on any atom is -0.494 e. The first kappa shape index (κ1) is 24.6. The Balaban J connectivity index is 1.66. The van der Waals surface area contributed by atoms with E-state index in [0.29, 0.717) is 22.4 Å². The van der Waals surface area contributed by atoms with Crippen LogP contribution in [0.3, 0.4) is 0 Å². The molecule has 0 unspecified atom stereocenters. The van der Waals surface area contributed by atoms with E-state index in [9.17, 15) is 13.2 Å². The first-order valence-electron chi connectivity index (χ1n) is 10.9. The van der Waals surface area contributed by atoms with Crippen molar-refractivity contribution in [2.75, 3.05) is 20.8 Å². The molecular formula is C27H29F3O3. The number of rotatable bonds is 9. The standard InChI is InChI=1S/C27H29F3O3/c1-17(15-25(28)18(2)31-3)16-33-22-11-7-20(8-12-22)24-14-13-23(26(29)27(24)30)19-5-9-21(32-4)10-6-19/h7-8,11-15,19,21H,1-2,5-6,9-10,16H2,3-4H3/b25-15+. The minimum atomic E-state index is -0.845. The van der Waals surface area contributed by atoms with Gasteiger partial charge in [0.25, 0.3) is 0 Å². The third-order valence-corrected chi connectivity index (χ3v) is 5.99. The third kappa shape index (κ3) is 6.08. The fourth-order valence-electron chi connectivity index (χ4n) is 4.02. The number of allylic oxidation sites excluding steroid dienone is 1. The van der Waals surface area contributed by atoms with Gasteiger partial charge < -0.3 is 14.2 Å². The minimum absolute atomic E-state index is 0.00349. The highest BCUT2D eigenvalue weighted by Gasteiger charge is 2.26. The van der Waals surface area contributed by atoms with Gasteiger partial charge in [-0.15, -0.1) is 0 Å². The highest BCUT2D eigenvalue weighted by atomic mass is 19.2. The van der Waals surface area contributed by atoms with E-state index in [2.05, 4.69) is 13.2 Å². The molecule has 1 aliphatic carbocycles. The van der Waals surface area contributed by atoms with Crippen molar-refractivity contribution in [2.24, 2.45) is 0 Å². The van der Waals surface area contributed by atoms with Crippen LogP contribution in [0.1, 0.15) is 37.2 Å². The Kier molecular flexibility index (Phi) is 8.39. The molecule has 0 spiro atoms. The van der Waals surface area contributed by atoms with Crippen LogP contribution >= 0.6 is 0 Å². The second-order valence-electron chi connectivity index (χ2n) is 8.13. The molecule has 33 heavy (non-hydrogen) atoms. The Labute approximate surface area is 193 Å². The van der Waals surface area contributed by atoms with Crippen molar-refractivity contribution >= 4 is 0 Å². The summed E-state index contributed by atoms with van der Waals surface area (Å²) >= 11 is 0. The molecule has 3 rings (SSSR count). The molecule has 0 radical (unpaired) electrons. The lowest BCUT2D eigenvalue weighted by atomic mass is 9.82. The second-order valence-corrected chi connectivity index (χ2v) is 8.13. The first-order chi connectivity index (χ1) is 15.8. The summed E-state index contributed by atoms with van der Waals surface area (Å²) in [6, 6.07) is 9.92. The quantitative estimate of drug-likeness (QED) is 0.293. The molecular weight excluding hydrogens is 429 g/mol. The molecule has 1 aliphatic rings. The van der Waals surface area contributed by atoms with Gasteiger partial charge >= 0.3 is 0 Å². The van der Waals surface area contributed by atoms with Crippen molar-refractivity contribution in [1.82, 2.24) is 0 Å². The summed E-state index contributed by atoms with van der Waals surface area (Å²) in [7, 11) is 3.01. The number of hydrogen-bond donors (Lipinski definition) is 0. The Bertz CT molecular complexity index is 1020. The number of halogens is 3. The zero-order valence-corrected chi connectivity index (χ0v) is 19.0. The molecule has 0 aliphatic heterocycles. The summed E-state index contributed by atoms with van der Waals surface area (Å²) in [5, 5.41) is 0. The molecule has 1 saturated carbocycles. The van der Waals surface area contributed by atoms with Gasteiger partial charge in [0.05, 0.1) is 13.2 Å². The molecule has 6 heteroatoms. The lowest BCUT2D eigenvalue weighted by molar-refractivity contribution is 0.0655. The van der Waals surface area contributed by atoms with Gasteiger partial charge in [0.2, 0.25) is 0 Å². The van der Waals surface area contributed by atoms with Gasteiger partial charge in [0.15, 0.2) is 17.5 Å². The Morgan fingerprint density at radius 3 is 2.24 bits per heavy atom.